The summed E-state index contributed by atoms with van der Waals surface area (Å²) in [6.45, 7) is 0. The van der Waals surface area contributed by atoms with Crippen LogP contribution in [0.25, 0.3) is 16.7 Å². The third-order valence-corrected chi connectivity index (χ3v) is 6.46. The van der Waals surface area contributed by atoms with E-state index in [0.29, 0.717) is 6.21 Å². The molecule has 1 aliphatic carbocycles. The zero-order chi connectivity index (χ0) is 35.2. The Labute approximate surface area is 253 Å². The SMILES string of the molecule is C\N=C/C(=C1\C(=C(C#N)c2c(F)c(F)c(C#N)c(F)c2F)\C1=C(\C#N)c1c(F)c(F)c(C#N)c(F)c1F)c1c(F)c(F)nc(F)c1F. The molecule has 6 nitrogen and oxygen atoms in total. The zero-order valence-electron chi connectivity index (χ0n) is 22.3. The van der Waals surface area contributed by atoms with E-state index in [1.54, 1.807) is 0 Å². The standard InChI is InChI=1S/C29H4F12N6/c1-46-6-11(17-26(38)28(40)47-29(41)27(17)39)14-12(7(2-42)15-22(34)18(30)9(4-44)19(31)23(15)35)13(14)8(3-43)16-24(36)20(32)10(5-45)21(33)25(16)37/h6H,1H3/b12-7+,13-8?,14-11+,46-6-. The molecule has 0 bridgehead atoms. The number of rotatable bonds is 4. The summed E-state index contributed by atoms with van der Waals surface area (Å²) in [5.41, 5.74) is -17.6. The lowest BCUT2D eigenvalue weighted by Crippen LogP contribution is -2.07. The number of nitriles is 4. The molecule has 1 aromatic heterocycles. The van der Waals surface area contributed by atoms with Gasteiger partial charge in [-0.15, -0.1) is 0 Å². The van der Waals surface area contributed by atoms with Crippen LogP contribution in [-0.4, -0.2) is 18.2 Å². The van der Waals surface area contributed by atoms with Crippen LogP contribution < -0.4 is 0 Å². The van der Waals surface area contributed by atoms with Crippen molar-refractivity contribution in [3.63, 3.8) is 0 Å². The fourth-order valence-corrected chi connectivity index (χ4v) is 4.44. The Hall–Kier alpha value is -6.40. The lowest BCUT2D eigenvalue weighted by Gasteiger charge is -2.08. The summed E-state index contributed by atoms with van der Waals surface area (Å²) >= 11 is 0. The molecule has 0 radical (unpaired) electrons. The quantitative estimate of drug-likeness (QED) is 0.0987. The van der Waals surface area contributed by atoms with E-state index >= 15 is 17.6 Å². The molecule has 4 rings (SSSR count). The highest BCUT2D eigenvalue weighted by molar-refractivity contribution is 6.22. The second-order valence-electron chi connectivity index (χ2n) is 8.83. The van der Waals surface area contributed by atoms with E-state index in [9.17, 15) is 45.6 Å². The predicted octanol–water partition coefficient (Wildman–Crippen LogP) is 6.92. The van der Waals surface area contributed by atoms with Gasteiger partial charge in [0.25, 0.3) is 11.9 Å². The van der Waals surface area contributed by atoms with Gasteiger partial charge in [-0.3, -0.25) is 4.99 Å². The smallest absolute Gasteiger partial charge is 0.252 e. The first kappa shape index (κ1) is 33.5. The second-order valence-corrected chi connectivity index (χ2v) is 8.83. The van der Waals surface area contributed by atoms with Crippen LogP contribution in [0.3, 0.4) is 0 Å². The Balaban J connectivity index is 2.38. The van der Waals surface area contributed by atoms with Gasteiger partial charge in [0, 0.05) is 35.6 Å². The van der Waals surface area contributed by atoms with E-state index in [2.05, 4.69) is 9.98 Å². The van der Waals surface area contributed by atoms with Crippen molar-refractivity contribution in [1.29, 1.82) is 21.0 Å². The van der Waals surface area contributed by atoms with Gasteiger partial charge in [-0.2, -0.15) is 34.8 Å². The van der Waals surface area contributed by atoms with Crippen LogP contribution in [0.15, 0.2) is 21.7 Å². The Bertz CT molecular complexity index is 2070. The number of hydrogen-bond acceptors (Lipinski definition) is 6. The van der Waals surface area contributed by atoms with Gasteiger partial charge in [-0.1, -0.05) is 0 Å². The third-order valence-electron chi connectivity index (χ3n) is 6.46. The summed E-state index contributed by atoms with van der Waals surface area (Å²) in [6.07, 6.45) is 0.339. The molecule has 0 saturated heterocycles. The van der Waals surface area contributed by atoms with Crippen molar-refractivity contribution < 1.29 is 52.7 Å². The van der Waals surface area contributed by atoms with Crippen LogP contribution in [0.1, 0.15) is 27.8 Å². The minimum absolute atomic E-state index is 0.339. The van der Waals surface area contributed by atoms with Gasteiger partial charge in [0.1, 0.15) is 35.4 Å². The molecule has 1 heterocycles. The molecular formula is C29H4F12N6. The molecule has 1 saturated carbocycles. The third kappa shape index (κ3) is 4.93. The molecular weight excluding hydrogens is 660 g/mol. The molecule has 3 aromatic rings. The molecule has 18 heteroatoms. The molecule has 1 aliphatic rings. The Morgan fingerprint density at radius 3 is 1.13 bits per heavy atom. The topological polar surface area (TPSA) is 120 Å². The minimum atomic E-state index is -2.45. The molecule has 0 unspecified atom stereocenters. The lowest BCUT2D eigenvalue weighted by molar-refractivity contribution is 0.404. The van der Waals surface area contributed by atoms with Crippen LogP contribution in [0.4, 0.5) is 52.7 Å². The normalized spacial score (nSPS) is 15.5. The maximum Gasteiger partial charge on any atom is 0.252 e. The molecule has 2 aromatic carbocycles. The van der Waals surface area contributed by atoms with E-state index in [1.807, 2.05) is 0 Å². The van der Waals surface area contributed by atoms with E-state index in [0.717, 1.165) is 31.3 Å². The van der Waals surface area contributed by atoms with Crippen molar-refractivity contribution in [3.05, 3.63) is 115 Å². The maximum atomic E-state index is 15.1. The van der Waals surface area contributed by atoms with Gasteiger partial charge in [0.15, 0.2) is 58.2 Å². The largest absolute Gasteiger partial charge is 0.296 e. The summed E-state index contributed by atoms with van der Waals surface area (Å²) < 4.78 is 176. The van der Waals surface area contributed by atoms with Crippen molar-refractivity contribution >= 4 is 22.9 Å². The molecule has 0 atom stereocenters. The lowest BCUT2D eigenvalue weighted by atomic mass is 9.99. The fraction of sp³-hybridized carbons (Fsp3) is 0.0345. The van der Waals surface area contributed by atoms with Crippen LogP contribution in [0.2, 0.25) is 0 Å². The monoisotopic (exact) mass is 664 g/mol. The summed E-state index contributed by atoms with van der Waals surface area (Å²) in [4.78, 5) is 5.68. The highest BCUT2D eigenvalue weighted by atomic mass is 19.2. The predicted molar refractivity (Wildman–Crippen MR) is 132 cm³/mol. The van der Waals surface area contributed by atoms with Crippen molar-refractivity contribution in [3.8, 4) is 24.3 Å². The van der Waals surface area contributed by atoms with Gasteiger partial charge in [-0.05, 0) is 0 Å². The average molecular weight is 664 g/mol. The van der Waals surface area contributed by atoms with Crippen molar-refractivity contribution in [1.82, 2.24) is 4.98 Å². The summed E-state index contributed by atoms with van der Waals surface area (Å²) in [7, 11) is 0.852. The van der Waals surface area contributed by atoms with E-state index in [1.165, 1.54) is 0 Å². The van der Waals surface area contributed by atoms with E-state index in [4.69, 9.17) is 10.5 Å². The van der Waals surface area contributed by atoms with E-state index < -0.39 is 131 Å². The number of hydrogen-bond donors (Lipinski definition) is 0. The molecule has 0 aliphatic heterocycles. The van der Waals surface area contributed by atoms with Crippen LogP contribution in [-0.2, 0) is 0 Å². The van der Waals surface area contributed by atoms with Crippen LogP contribution in [0, 0.1) is 115 Å². The Morgan fingerprint density at radius 1 is 0.511 bits per heavy atom. The second kappa shape index (κ2) is 12.2. The molecule has 234 valence electrons. The molecule has 0 spiro atoms. The molecule has 1 fully saturated rings. The first-order valence-corrected chi connectivity index (χ1v) is 11.9. The zero-order valence-corrected chi connectivity index (χ0v) is 22.3. The minimum Gasteiger partial charge on any atom is -0.296 e. The summed E-state index contributed by atoms with van der Waals surface area (Å²) in [5.74, 6) is -28.6. The van der Waals surface area contributed by atoms with Gasteiger partial charge in [0.05, 0.1) is 27.8 Å². The van der Waals surface area contributed by atoms with Gasteiger partial charge in [-0.25, -0.2) is 43.9 Å². The Kier molecular flexibility index (Phi) is 8.68. The molecule has 0 N–H and O–H groups in total. The van der Waals surface area contributed by atoms with E-state index in [-0.39, 0.29) is 0 Å². The highest BCUT2D eigenvalue weighted by Crippen LogP contribution is 2.57. The van der Waals surface area contributed by atoms with Gasteiger partial charge >= 0.3 is 0 Å². The molecule has 47 heavy (non-hydrogen) atoms. The number of nitrogens with zero attached hydrogens (tertiary/aromatic N) is 6. The van der Waals surface area contributed by atoms with Crippen LogP contribution >= 0.6 is 0 Å². The number of allylic oxidation sites excluding steroid dienone is 6. The number of benzene rings is 2. The number of halogens is 12. The summed E-state index contributed by atoms with van der Waals surface area (Å²) in [6, 6.07) is 3.71. The maximum absolute atomic E-state index is 15.1. The number of aliphatic imine (C=N–C) groups is 1. The van der Waals surface area contributed by atoms with Crippen molar-refractivity contribution in [2.75, 3.05) is 7.05 Å². The van der Waals surface area contributed by atoms with Crippen LogP contribution in [0.5, 0.6) is 0 Å². The van der Waals surface area contributed by atoms with Crippen molar-refractivity contribution in [2.45, 2.75) is 0 Å². The first-order chi connectivity index (χ1) is 22.2. The van der Waals surface area contributed by atoms with Gasteiger partial charge < -0.3 is 0 Å². The summed E-state index contributed by atoms with van der Waals surface area (Å²) in [5, 5.41) is 37.4. The number of aromatic nitrogens is 1. The Morgan fingerprint density at radius 2 is 0.851 bits per heavy atom. The average Bonchev–Trinajstić information content (AvgIpc) is 3.76. The molecule has 0 amide bonds. The number of pyridine rings is 1. The van der Waals surface area contributed by atoms with Crippen molar-refractivity contribution in [2.24, 2.45) is 4.99 Å². The van der Waals surface area contributed by atoms with Gasteiger partial charge in [0.2, 0.25) is 0 Å². The first-order valence-electron chi connectivity index (χ1n) is 11.9. The highest BCUT2D eigenvalue weighted by Gasteiger charge is 2.45. The fourth-order valence-electron chi connectivity index (χ4n) is 4.44.